The van der Waals surface area contributed by atoms with Crippen molar-refractivity contribution in [3.63, 3.8) is 0 Å². The number of carbonyl (C=O) groups is 1. The number of carbonyl (C=O) groups excluding carboxylic acids is 1. The topological polar surface area (TPSA) is 56.6 Å². The predicted molar refractivity (Wildman–Crippen MR) is 85.0 cm³/mol. The van der Waals surface area contributed by atoms with E-state index in [4.69, 9.17) is 9.47 Å². The van der Waals surface area contributed by atoms with Crippen molar-refractivity contribution < 1.29 is 18.7 Å². The predicted octanol–water partition coefficient (Wildman–Crippen LogP) is 1.85. The van der Waals surface area contributed by atoms with Gasteiger partial charge in [0, 0.05) is 19.9 Å². The average Bonchev–Trinajstić information content (AvgIpc) is 2.96. The van der Waals surface area contributed by atoms with Crippen LogP contribution in [0.4, 0.5) is 4.39 Å². The second-order valence-electron chi connectivity index (χ2n) is 5.71. The first kappa shape index (κ1) is 16.4. The third-order valence-electron chi connectivity index (χ3n) is 4.11. The Kier molecular flexibility index (Phi) is 5.10. The Morgan fingerprint density at radius 2 is 2.12 bits per heavy atom. The van der Waals surface area contributed by atoms with Gasteiger partial charge in [0.2, 0.25) is 0 Å². The fraction of sp³-hybridized carbons (Fsp3) is 0.412. The zero-order chi connectivity index (χ0) is 16.9. The van der Waals surface area contributed by atoms with Crippen LogP contribution >= 0.6 is 0 Å². The van der Waals surface area contributed by atoms with E-state index in [9.17, 15) is 9.18 Å². The van der Waals surface area contributed by atoms with Gasteiger partial charge in [-0.2, -0.15) is 5.10 Å². The highest BCUT2D eigenvalue weighted by molar-refractivity contribution is 5.78. The molecule has 0 radical (unpaired) electrons. The van der Waals surface area contributed by atoms with Crippen LogP contribution in [0.2, 0.25) is 0 Å². The van der Waals surface area contributed by atoms with Crippen molar-refractivity contribution in [2.45, 2.75) is 25.6 Å². The van der Waals surface area contributed by atoms with E-state index in [2.05, 4.69) is 5.10 Å². The summed E-state index contributed by atoms with van der Waals surface area (Å²) < 4.78 is 25.6. The highest BCUT2D eigenvalue weighted by Gasteiger charge is 2.28. The van der Waals surface area contributed by atoms with Gasteiger partial charge in [0.25, 0.3) is 5.91 Å². The van der Waals surface area contributed by atoms with Crippen LogP contribution < -0.4 is 4.74 Å². The van der Waals surface area contributed by atoms with Gasteiger partial charge in [0.15, 0.2) is 6.61 Å². The molecule has 3 rings (SSSR count). The van der Waals surface area contributed by atoms with Crippen LogP contribution in [-0.2, 0) is 22.6 Å². The van der Waals surface area contributed by atoms with Gasteiger partial charge in [-0.05, 0) is 36.8 Å². The van der Waals surface area contributed by atoms with Gasteiger partial charge in [-0.1, -0.05) is 0 Å². The smallest absolute Gasteiger partial charge is 0.261 e. The Morgan fingerprint density at radius 3 is 2.88 bits per heavy atom. The Labute approximate surface area is 139 Å². The minimum absolute atomic E-state index is 0.0268. The number of rotatable bonds is 5. The summed E-state index contributed by atoms with van der Waals surface area (Å²) in [5, 5.41) is 4.28. The second-order valence-corrected chi connectivity index (χ2v) is 5.71. The van der Waals surface area contributed by atoms with Crippen LogP contribution in [0.15, 0.2) is 36.5 Å². The quantitative estimate of drug-likeness (QED) is 0.838. The molecule has 7 heteroatoms. The number of hydrogen-bond acceptors (Lipinski definition) is 4. The van der Waals surface area contributed by atoms with Gasteiger partial charge >= 0.3 is 0 Å². The highest BCUT2D eigenvalue weighted by atomic mass is 19.1. The number of nitrogens with zero attached hydrogens (tertiary/aromatic N) is 3. The first-order valence-corrected chi connectivity index (χ1v) is 7.85. The number of hydrogen-bond donors (Lipinski definition) is 0. The summed E-state index contributed by atoms with van der Waals surface area (Å²) in [5.74, 6) is -0.00135. The molecule has 1 aliphatic heterocycles. The van der Waals surface area contributed by atoms with Crippen LogP contribution in [0.5, 0.6) is 5.75 Å². The van der Waals surface area contributed by atoms with Crippen molar-refractivity contribution in [3.8, 4) is 5.75 Å². The van der Waals surface area contributed by atoms with Gasteiger partial charge in [0.05, 0.1) is 24.9 Å². The summed E-state index contributed by atoms with van der Waals surface area (Å²) in [5.41, 5.74) is 0.990. The maximum absolute atomic E-state index is 12.9. The van der Waals surface area contributed by atoms with Crippen LogP contribution in [0.3, 0.4) is 0 Å². The molecule has 2 aromatic rings. The zero-order valence-electron chi connectivity index (χ0n) is 13.5. The van der Waals surface area contributed by atoms with E-state index in [1.54, 1.807) is 18.2 Å². The molecule has 2 heterocycles. The molecule has 0 N–H and O–H groups in total. The largest absolute Gasteiger partial charge is 0.484 e. The molecule has 0 saturated carbocycles. The van der Waals surface area contributed by atoms with Crippen molar-refractivity contribution in [2.24, 2.45) is 0 Å². The number of methoxy groups -OCH3 is 1. The number of benzene rings is 1. The van der Waals surface area contributed by atoms with Crippen LogP contribution in [0, 0.1) is 5.82 Å². The summed E-state index contributed by atoms with van der Waals surface area (Å²) in [4.78, 5) is 14.4. The number of ether oxygens (including phenoxy) is 2. The Balaban J connectivity index is 1.68. The van der Waals surface area contributed by atoms with E-state index in [1.165, 1.54) is 24.3 Å². The van der Waals surface area contributed by atoms with Crippen molar-refractivity contribution in [1.29, 1.82) is 0 Å². The molecule has 0 saturated heterocycles. The van der Waals surface area contributed by atoms with Crippen molar-refractivity contribution >= 4 is 5.91 Å². The molecule has 0 unspecified atom stereocenters. The number of amides is 1. The molecule has 1 aliphatic rings. The SMILES string of the molecule is COC[C@H]1CCn2nccc2CN1C(=O)COc1ccc(F)cc1. The third kappa shape index (κ3) is 3.73. The zero-order valence-corrected chi connectivity index (χ0v) is 13.5. The molecular formula is C17H20FN3O3. The van der Waals surface area contributed by atoms with Crippen molar-refractivity contribution in [1.82, 2.24) is 14.7 Å². The summed E-state index contributed by atoms with van der Waals surface area (Å²) in [7, 11) is 1.63. The van der Waals surface area contributed by atoms with Crippen LogP contribution in [0.25, 0.3) is 0 Å². The summed E-state index contributed by atoms with van der Waals surface area (Å²) in [6.07, 6.45) is 2.51. The van der Waals surface area contributed by atoms with Crippen molar-refractivity contribution in [3.05, 3.63) is 48.0 Å². The van der Waals surface area contributed by atoms with Gasteiger partial charge in [-0.25, -0.2) is 4.39 Å². The average molecular weight is 333 g/mol. The van der Waals surface area contributed by atoms with E-state index < -0.39 is 0 Å². The van der Waals surface area contributed by atoms with E-state index in [-0.39, 0.29) is 24.4 Å². The van der Waals surface area contributed by atoms with E-state index >= 15 is 0 Å². The first-order chi connectivity index (χ1) is 11.7. The molecular weight excluding hydrogens is 313 g/mol. The van der Waals surface area contributed by atoms with E-state index in [0.717, 1.165) is 18.7 Å². The number of halogens is 1. The molecule has 6 nitrogen and oxygen atoms in total. The van der Waals surface area contributed by atoms with Gasteiger partial charge < -0.3 is 14.4 Å². The lowest BCUT2D eigenvalue weighted by Crippen LogP contribution is -2.44. The Bertz CT molecular complexity index is 687. The molecule has 0 aliphatic carbocycles. The first-order valence-electron chi connectivity index (χ1n) is 7.85. The minimum atomic E-state index is -0.338. The van der Waals surface area contributed by atoms with Crippen LogP contribution in [0.1, 0.15) is 12.1 Å². The number of aryl methyl sites for hydroxylation is 1. The van der Waals surface area contributed by atoms with Gasteiger partial charge in [0.1, 0.15) is 11.6 Å². The minimum Gasteiger partial charge on any atom is -0.484 e. The summed E-state index contributed by atoms with van der Waals surface area (Å²) >= 11 is 0. The monoisotopic (exact) mass is 333 g/mol. The number of fused-ring (bicyclic) bond motifs is 1. The molecule has 1 aromatic carbocycles. The normalized spacial score (nSPS) is 17.2. The molecule has 1 amide bonds. The summed E-state index contributed by atoms with van der Waals surface area (Å²) in [6.45, 7) is 1.59. The molecule has 128 valence electrons. The van der Waals surface area contributed by atoms with Gasteiger partial charge in [-0.3, -0.25) is 9.48 Å². The van der Waals surface area contributed by atoms with Gasteiger partial charge in [-0.15, -0.1) is 0 Å². The second kappa shape index (κ2) is 7.44. The maximum atomic E-state index is 12.9. The van der Waals surface area contributed by atoms with Crippen molar-refractivity contribution in [2.75, 3.05) is 20.3 Å². The Morgan fingerprint density at radius 1 is 1.33 bits per heavy atom. The lowest BCUT2D eigenvalue weighted by molar-refractivity contribution is -0.137. The summed E-state index contributed by atoms with van der Waals surface area (Å²) in [6, 6.07) is 7.51. The third-order valence-corrected chi connectivity index (χ3v) is 4.11. The standard InChI is InChI=1S/C17H20FN3O3/c1-23-11-15-7-9-21-14(6-8-19-21)10-20(15)17(22)12-24-16-4-2-13(18)3-5-16/h2-6,8,15H,7,9-12H2,1H3/t15-/m1/s1. The fourth-order valence-electron chi connectivity index (χ4n) is 2.84. The Hall–Kier alpha value is -2.41. The lowest BCUT2D eigenvalue weighted by Gasteiger charge is -2.29. The molecule has 1 aromatic heterocycles. The molecule has 0 bridgehead atoms. The van der Waals surface area contributed by atoms with Crippen LogP contribution in [-0.4, -0.2) is 47.0 Å². The lowest BCUT2D eigenvalue weighted by atomic mass is 10.2. The molecule has 0 spiro atoms. The molecule has 0 fully saturated rings. The molecule has 1 atom stereocenters. The fourth-order valence-corrected chi connectivity index (χ4v) is 2.84. The molecule has 24 heavy (non-hydrogen) atoms. The van der Waals surface area contributed by atoms with E-state index in [1.807, 2.05) is 10.7 Å². The van der Waals surface area contributed by atoms with E-state index in [0.29, 0.717) is 18.9 Å². The highest BCUT2D eigenvalue weighted by Crippen LogP contribution is 2.18. The maximum Gasteiger partial charge on any atom is 0.261 e. The number of aromatic nitrogens is 2.